The van der Waals surface area contributed by atoms with E-state index in [1.54, 1.807) is 0 Å². The molecule has 1 unspecified atom stereocenters. The van der Waals surface area contributed by atoms with E-state index in [9.17, 15) is 0 Å². The lowest BCUT2D eigenvalue weighted by molar-refractivity contribution is 0.249. The Balaban J connectivity index is 1.29. The molecule has 2 saturated heterocycles. The number of hydrogen-bond donors (Lipinski definition) is 1. The molecule has 0 aromatic carbocycles. The summed E-state index contributed by atoms with van der Waals surface area (Å²) in [6, 6.07) is 0.720. The lowest BCUT2D eigenvalue weighted by Gasteiger charge is -2.25. The number of nitrogens with zero attached hydrogens (tertiary/aromatic N) is 6. The Morgan fingerprint density at radius 3 is 2.79 bits per heavy atom. The molecule has 156 valence electrons. The first-order valence-electron chi connectivity index (χ1n) is 11.5. The van der Waals surface area contributed by atoms with Crippen molar-refractivity contribution in [3.05, 3.63) is 11.6 Å². The average molecular weight is 388 g/mol. The maximum Gasteiger partial charge on any atom is 0.193 e. The molecule has 7 heteroatoms. The monoisotopic (exact) mass is 387 g/mol. The van der Waals surface area contributed by atoms with Crippen LogP contribution in [0, 0.1) is 0 Å². The van der Waals surface area contributed by atoms with Gasteiger partial charge in [0.15, 0.2) is 5.96 Å². The highest BCUT2D eigenvalue weighted by Crippen LogP contribution is 2.20. The lowest BCUT2D eigenvalue weighted by Crippen LogP contribution is -2.42. The van der Waals surface area contributed by atoms with Crippen LogP contribution >= 0.6 is 0 Å². The number of fused-ring (bicyclic) bond motifs is 1. The van der Waals surface area contributed by atoms with Crippen LogP contribution in [0.2, 0.25) is 0 Å². The van der Waals surface area contributed by atoms with E-state index in [1.807, 2.05) is 0 Å². The second kappa shape index (κ2) is 9.72. The van der Waals surface area contributed by atoms with Crippen LogP contribution in [0.4, 0.5) is 0 Å². The second-order valence-electron chi connectivity index (χ2n) is 8.47. The van der Waals surface area contributed by atoms with Crippen molar-refractivity contribution in [3.8, 4) is 0 Å². The van der Waals surface area contributed by atoms with Crippen molar-refractivity contribution in [3.63, 3.8) is 0 Å². The first kappa shape index (κ1) is 19.7. The van der Waals surface area contributed by atoms with E-state index in [1.165, 1.54) is 57.4 Å². The van der Waals surface area contributed by atoms with Gasteiger partial charge in [-0.1, -0.05) is 6.42 Å². The molecule has 1 atom stereocenters. The van der Waals surface area contributed by atoms with Crippen LogP contribution in [0.5, 0.6) is 0 Å². The largest absolute Gasteiger partial charge is 0.357 e. The highest BCUT2D eigenvalue weighted by atomic mass is 15.3. The summed E-state index contributed by atoms with van der Waals surface area (Å²) >= 11 is 0. The van der Waals surface area contributed by atoms with Gasteiger partial charge in [-0.3, -0.25) is 9.89 Å². The summed E-state index contributed by atoms with van der Waals surface area (Å²) in [4.78, 5) is 10.1. The van der Waals surface area contributed by atoms with Gasteiger partial charge in [0.2, 0.25) is 0 Å². The quantitative estimate of drug-likeness (QED) is 0.460. The minimum Gasteiger partial charge on any atom is -0.357 e. The minimum absolute atomic E-state index is 0.720. The maximum atomic E-state index is 4.94. The Labute approximate surface area is 169 Å². The summed E-state index contributed by atoms with van der Waals surface area (Å²) in [7, 11) is 0. The van der Waals surface area contributed by atoms with Gasteiger partial charge >= 0.3 is 0 Å². The highest BCUT2D eigenvalue weighted by molar-refractivity contribution is 5.80. The standard InChI is InChI=1S/C21H37N7/c1-2-22-21(27-16-11-18(17-27)26-13-6-7-14-26)23-12-8-10-20-25-24-19-9-4-3-5-15-28(19)20/h18H,2-17H2,1H3,(H,22,23). The van der Waals surface area contributed by atoms with E-state index in [4.69, 9.17) is 4.99 Å². The topological polar surface area (TPSA) is 61.6 Å². The van der Waals surface area contributed by atoms with E-state index < -0.39 is 0 Å². The third-order valence-corrected chi connectivity index (χ3v) is 6.46. The summed E-state index contributed by atoms with van der Waals surface area (Å²) in [6.45, 7) is 9.87. The molecule has 1 aromatic heterocycles. The van der Waals surface area contributed by atoms with Gasteiger partial charge in [0, 0.05) is 51.6 Å². The van der Waals surface area contributed by atoms with Gasteiger partial charge < -0.3 is 14.8 Å². The Bertz CT molecular complexity index is 647. The van der Waals surface area contributed by atoms with Crippen molar-refractivity contribution in [2.75, 3.05) is 39.3 Å². The molecule has 7 nitrogen and oxygen atoms in total. The number of rotatable bonds is 6. The highest BCUT2D eigenvalue weighted by Gasteiger charge is 2.30. The fourth-order valence-corrected chi connectivity index (χ4v) is 4.92. The minimum atomic E-state index is 0.720. The Morgan fingerprint density at radius 2 is 1.93 bits per heavy atom. The van der Waals surface area contributed by atoms with Gasteiger partial charge in [0.1, 0.15) is 11.6 Å². The number of nitrogens with one attached hydrogen (secondary N) is 1. The summed E-state index contributed by atoms with van der Waals surface area (Å²) in [5.74, 6) is 3.45. The predicted octanol–water partition coefficient (Wildman–Crippen LogP) is 2.07. The Kier molecular flexibility index (Phi) is 6.83. The summed E-state index contributed by atoms with van der Waals surface area (Å²) < 4.78 is 2.36. The van der Waals surface area contributed by atoms with Crippen LogP contribution in [0.1, 0.15) is 63.5 Å². The number of guanidine groups is 1. The van der Waals surface area contributed by atoms with Crippen molar-refractivity contribution < 1.29 is 0 Å². The van der Waals surface area contributed by atoms with Crippen LogP contribution in [-0.2, 0) is 19.4 Å². The molecule has 1 aromatic rings. The number of aromatic nitrogens is 3. The third kappa shape index (κ3) is 4.67. The summed E-state index contributed by atoms with van der Waals surface area (Å²) in [5.41, 5.74) is 0. The molecule has 3 aliphatic rings. The number of likely N-dealkylation sites (tertiary alicyclic amines) is 2. The molecule has 0 aliphatic carbocycles. The van der Waals surface area contributed by atoms with Crippen molar-refractivity contribution in [2.24, 2.45) is 4.99 Å². The predicted molar refractivity (Wildman–Crippen MR) is 113 cm³/mol. The van der Waals surface area contributed by atoms with Gasteiger partial charge in [-0.25, -0.2) is 0 Å². The molecule has 3 aliphatic heterocycles. The average Bonchev–Trinajstić information content (AvgIpc) is 3.43. The number of aryl methyl sites for hydroxylation is 2. The van der Waals surface area contributed by atoms with Crippen LogP contribution in [0.25, 0.3) is 0 Å². The molecule has 0 saturated carbocycles. The van der Waals surface area contributed by atoms with Crippen molar-refractivity contribution in [1.82, 2.24) is 29.9 Å². The molecule has 0 spiro atoms. The molecule has 2 fully saturated rings. The normalized spacial score (nSPS) is 23.8. The van der Waals surface area contributed by atoms with Gasteiger partial charge in [0.25, 0.3) is 0 Å². The van der Waals surface area contributed by atoms with Gasteiger partial charge in [0.05, 0.1) is 0 Å². The van der Waals surface area contributed by atoms with E-state index in [0.717, 1.165) is 69.8 Å². The first-order chi connectivity index (χ1) is 13.8. The van der Waals surface area contributed by atoms with E-state index in [2.05, 4.69) is 36.8 Å². The summed E-state index contributed by atoms with van der Waals surface area (Å²) in [5, 5.41) is 12.4. The number of hydrogen-bond acceptors (Lipinski definition) is 4. The smallest absolute Gasteiger partial charge is 0.193 e. The molecular weight excluding hydrogens is 350 g/mol. The Hall–Kier alpha value is -1.63. The van der Waals surface area contributed by atoms with Crippen molar-refractivity contribution >= 4 is 5.96 Å². The molecule has 4 heterocycles. The summed E-state index contributed by atoms with van der Waals surface area (Å²) in [6.07, 6.45) is 10.9. The molecule has 1 N–H and O–H groups in total. The molecule has 0 radical (unpaired) electrons. The van der Waals surface area contributed by atoms with E-state index in [0.29, 0.717) is 0 Å². The molecule has 28 heavy (non-hydrogen) atoms. The van der Waals surface area contributed by atoms with Crippen LogP contribution in [0.15, 0.2) is 4.99 Å². The SMILES string of the molecule is CCNC(=NCCCc1nnc2n1CCCCC2)N1CCC(N2CCCC2)C1. The zero-order chi connectivity index (χ0) is 19.2. The zero-order valence-corrected chi connectivity index (χ0v) is 17.6. The third-order valence-electron chi connectivity index (χ3n) is 6.46. The first-order valence-corrected chi connectivity index (χ1v) is 11.5. The molecular formula is C21H37N7. The molecule has 0 bridgehead atoms. The number of aliphatic imine (C=N–C) groups is 1. The van der Waals surface area contributed by atoms with Gasteiger partial charge in [-0.05, 0) is 58.5 Å². The fourth-order valence-electron chi connectivity index (χ4n) is 4.92. The fraction of sp³-hybridized carbons (Fsp3) is 0.857. The van der Waals surface area contributed by atoms with Gasteiger partial charge in [-0.15, -0.1) is 10.2 Å². The Morgan fingerprint density at radius 1 is 1.07 bits per heavy atom. The van der Waals surface area contributed by atoms with E-state index >= 15 is 0 Å². The molecule has 4 rings (SSSR count). The second-order valence-corrected chi connectivity index (χ2v) is 8.47. The van der Waals surface area contributed by atoms with Crippen molar-refractivity contribution in [2.45, 2.75) is 77.3 Å². The molecule has 0 amide bonds. The lowest BCUT2D eigenvalue weighted by atomic mass is 10.2. The van der Waals surface area contributed by atoms with Gasteiger partial charge in [-0.2, -0.15) is 0 Å². The van der Waals surface area contributed by atoms with Crippen LogP contribution < -0.4 is 5.32 Å². The van der Waals surface area contributed by atoms with Crippen molar-refractivity contribution in [1.29, 1.82) is 0 Å². The van der Waals surface area contributed by atoms with Crippen LogP contribution in [-0.4, -0.2) is 75.8 Å². The van der Waals surface area contributed by atoms with Crippen LogP contribution in [0.3, 0.4) is 0 Å². The maximum absolute atomic E-state index is 4.94. The zero-order valence-electron chi connectivity index (χ0n) is 17.6. The van der Waals surface area contributed by atoms with E-state index in [-0.39, 0.29) is 0 Å².